The van der Waals surface area contributed by atoms with Crippen molar-refractivity contribution in [1.82, 2.24) is 0 Å². The quantitative estimate of drug-likeness (QED) is 0.716. The van der Waals surface area contributed by atoms with E-state index in [0.29, 0.717) is 0 Å². The predicted molar refractivity (Wildman–Crippen MR) is 68.7 cm³/mol. The first kappa shape index (κ1) is 10.8. The molecular formula is C13H18GeO. The Morgan fingerprint density at radius 1 is 1.07 bits per heavy atom. The third-order valence-electron chi connectivity index (χ3n) is 3.04. The Kier molecular flexibility index (Phi) is 2.46. The monoisotopic (exact) mass is 264 g/mol. The molecule has 1 aromatic carbocycles. The van der Waals surface area contributed by atoms with Crippen molar-refractivity contribution >= 4 is 28.6 Å². The van der Waals surface area contributed by atoms with Gasteiger partial charge in [0, 0.05) is 0 Å². The summed E-state index contributed by atoms with van der Waals surface area (Å²) in [4.78, 5) is 0. The van der Waals surface area contributed by atoms with Crippen LogP contribution < -0.4 is 4.40 Å². The average Bonchev–Trinajstić information content (AvgIpc) is 2.41. The molecule has 80 valence electrons. The van der Waals surface area contributed by atoms with Crippen LogP contribution in [0.2, 0.25) is 17.3 Å². The van der Waals surface area contributed by atoms with E-state index in [4.69, 9.17) is 4.42 Å². The van der Waals surface area contributed by atoms with Gasteiger partial charge in [-0.3, -0.25) is 0 Å². The Hall–Kier alpha value is -0.697. The van der Waals surface area contributed by atoms with E-state index in [9.17, 15) is 0 Å². The van der Waals surface area contributed by atoms with Gasteiger partial charge in [-0.2, -0.15) is 0 Å². The molecule has 0 unspecified atom stereocenters. The maximum absolute atomic E-state index is 5.76. The van der Waals surface area contributed by atoms with Crippen molar-refractivity contribution in [2.75, 3.05) is 0 Å². The first-order chi connectivity index (χ1) is 6.89. The third kappa shape index (κ3) is 1.85. The van der Waals surface area contributed by atoms with E-state index < -0.39 is 13.3 Å². The number of furan rings is 1. The number of fused-ring (bicyclic) bond motifs is 1. The van der Waals surface area contributed by atoms with Crippen LogP contribution >= 0.6 is 0 Å². The van der Waals surface area contributed by atoms with Gasteiger partial charge in [-0.25, -0.2) is 0 Å². The zero-order chi connectivity index (χ0) is 11.2. The third-order valence-corrected chi connectivity index (χ3v) is 7.33. The molecule has 0 saturated carbocycles. The molecule has 0 N–H and O–H groups in total. The van der Waals surface area contributed by atoms with Crippen LogP contribution in [-0.4, -0.2) is 13.3 Å². The average molecular weight is 263 g/mol. The van der Waals surface area contributed by atoms with E-state index in [1.165, 1.54) is 15.3 Å². The Balaban J connectivity index is 2.67. The van der Waals surface area contributed by atoms with Crippen molar-refractivity contribution in [3.8, 4) is 0 Å². The van der Waals surface area contributed by atoms with Crippen LogP contribution in [0.4, 0.5) is 0 Å². The van der Waals surface area contributed by atoms with Crippen molar-refractivity contribution in [2.24, 2.45) is 0 Å². The Morgan fingerprint density at radius 3 is 2.33 bits per heavy atom. The number of hydrogen-bond acceptors (Lipinski definition) is 1. The fraction of sp³-hybridized carbons (Fsp3) is 0.385. The molecule has 1 nitrogen and oxygen atoms in total. The van der Waals surface area contributed by atoms with Crippen LogP contribution in [0.15, 0.2) is 22.6 Å². The summed E-state index contributed by atoms with van der Waals surface area (Å²) in [5, 5.41) is 1.27. The summed E-state index contributed by atoms with van der Waals surface area (Å²) in [5.74, 6) is 8.26. The summed E-state index contributed by atoms with van der Waals surface area (Å²) in [6.07, 6.45) is 0. The van der Waals surface area contributed by atoms with Gasteiger partial charge in [0.2, 0.25) is 0 Å². The van der Waals surface area contributed by atoms with Gasteiger partial charge in [0.25, 0.3) is 0 Å². The fourth-order valence-corrected chi connectivity index (χ4v) is 4.22. The molecule has 0 bridgehead atoms. The SMILES string of the molecule is Cc1oc2c[c]([Ge]([CH3])([CH3])[CH3])ccc2c1C. The van der Waals surface area contributed by atoms with Crippen molar-refractivity contribution in [3.63, 3.8) is 0 Å². The van der Waals surface area contributed by atoms with Crippen LogP contribution in [0, 0.1) is 13.8 Å². The number of rotatable bonds is 1. The van der Waals surface area contributed by atoms with Gasteiger partial charge >= 0.3 is 93.7 Å². The summed E-state index contributed by atoms with van der Waals surface area (Å²) >= 11 is -1.71. The van der Waals surface area contributed by atoms with Gasteiger partial charge in [-0.05, 0) is 0 Å². The van der Waals surface area contributed by atoms with E-state index in [1.54, 1.807) is 0 Å². The second kappa shape index (κ2) is 3.41. The second-order valence-corrected chi connectivity index (χ2v) is 15.9. The molecule has 2 rings (SSSR count). The predicted octanol–water partition coefficient (Wildman–Crippen LogP) is 3.59. The van der Waals surface area contributed by atoms with Gasteiger partial charge in [0.05, 0.1) is 0 Å². The van der Waals surface area contributed by atoms with Gasteiger partial charge in [0.1, 0.15) is 0 Å². The van der Waals surface area contributed by atoms with Crippen molar-refractivity contribution < 1.29 is 4.42 Å². The van der Waals surface area contributed by atoms with Gasteiger partial charge in [0.15, 0.2) is 0 Å². The molecule has 0 fully saturated rings. The molecule has 0 radical (unpaired) electrons. The van der Waals surface area contributed by atoms with E-state index in [0.717, 1.165) is 11.3 Å². The molecule has 0 amide bonds. The van der Waals surface area contributed by atoms with Crippen LogP contribution in [0.3, 0.4) is 0 Å². The zero-order valence-corrected chi connectivity index (χ0v) is 12.2. The van der Waals surface area contributed by atoms with E-state index in [-0.39, 0.29) is 0 Å². The molecule has 1 heterocycles. The van der Waals surface area contributed by atoms with Crippen LogP contribution in [0.1, 0.15) is 11.3 Å². The van der Waals surface area contributed by atoms with Gasteiger partial charge in [-0.15, -0.1) is 0 Å². The molecule has 15 heavy (non-hydrogen) atoms. The van der Waals surface area contributed by atoms with Crippen LogP contribution in [0.5, 0.6) is 0 Å². The summed E-state index contributed by atoms with van der Waals surface area (Å²) < 4.78 is 7.27. The number of hydrogen-bond donors (Lipinski definition) is 0. The molecule has 0 aliphatic carbocycles. The molecule has 0 atom stereocenters. The fourth-order valence-electron chi connectivity index (χ4n) is 1.81. The molecular weight excluding hydrogens is 245 g/mol. The molecule has 1 aromatic heterocycles. The second-order valence-electron chi connectivity index (χ2n) is 5.24. The Bertz CT molecular complexity index is 503. The number of aryl methyl sites for hydroxylation is 2. The standard InChI is InChI=1S/C13H18GeO/c1-9-10(2)15-13-8-11(14(3,4)5)6-7-12(9)13/h6-8H,1-5H3. The van der Waals surface area contributed by atoms with Gasteiger partial charge in [-0.1, -0.05) is 0 Å². The Labute approximate surface area is 93.8 Å². The van der Waals surface area contributed by atoms with Crippen LogP contribution in [0.25, 0.3) is 11.0 Å². The molecule has 2 aromatic rings. The minimum atomic E-state index is -1.71. The number of benzene rings is 1. The van der Waals surface area contributed by atoms with Crippen molar-refractivity contribution in [1.29, 1.82) is 0 Å². The summed E-state index contributed by atoms with van der Waals surface area (Å²) in [6, 6.07) is 6.74. The first-order valence-corrected chi connectivity index (χ1v) is 12.7. The minimum absolute atomic E-state index is 1.04. The van der Waals surface area contributed by atoms with Gasteiger partial charge < -0.3 is 0 Å². The zero-order valence-electron chi connectivity index (χ0n) is 10.1. The maximum atomic E-state index is 5.76. The summed E-state index contributed by atoms with van der Waals surface area (Å²) in [6.45, 7) is 4.16. The topological polar surface area (TPSA) is 13.1 Å². The van der Waals surface area contributed by atoms with E-state index >= 15 is 0 Å². The summed E-state index contributed by atoms with van der Waals surface area (Å²) in [5.41, 5.74) is 2.33. The Morgan fingerprint density at radius 2 is 1.73 bits per heavy atom. The molecule has 0 aliphatic rings. The summed E-state index contributed by atoms with van der Waals surface area (Å²) in [7, 11) is 0. The first-order valence-electron chi connectivity index (χ1n) is 5.40. The van der Waals surface area contributed by atoms with Crippen molar-refractivity contribution in [2.45, 2.75) is 31.1 Å². The molecule has 0 spiro atoms. The van der Waals surface area contributed by atoms with Crippen LogP contribution in [-0.2, 0) is 0 Å². The molecule has 2 heteroatoms. The normalized spacial score (nSPS) is 12.3. The van der Waals surface area contributed by atoms with Crippen molar-refractivity contribution in [3.05, 3.63) is 29.5 Å². The molecule has 0 aliphatic heterocycles. The van der Waals surface area contributed by atoms with E-state index in [1.807, 2.05) is 6.92 Å². The molecule has 0 saturated heterocycles. The van der Waals surface area contributed by atoms with E-state index in [2.05, 4.69) is 42.4 Å².